The minimum atomic E-state index is 0.0113. The molecule has 1 aromatic carbocycles. The fourth-order valence-corrected chi connectivity index (χ4v) is 4.38. The lowest BCUT2D eigenvalue weighted by Crippen LogP contribution is -2.41. The predicted molar refractivity (Wildman–Crippen MR) is 116 cm³/mol. The SMILES string of the molecule is COc1ccc(OC)c(-c2cn3c(CC(=O)NCCN4CCOCC4)csc3n2)c1. The molecular weight excluding hydrogens is 404 g/mol. The van der Waals surface area contributed by atoms with Crippen LogP contribution in [0.2, 0.25) is 0 Å². The number of aromatic nitrogens is 2. The monoisotopic (exact) mass is 430 g/mol. The van der Waals surface area contributed by atoms with E-state index in [1.165, 1.54) is 11.3 Å². The number of thiazole rings is 1. The standard InChI is InChI=1S/C21H26N4O4S/c1-27-16-3-4-19(28-2)17(12-16)18-13-25-15(14-30-21(25)23-18)11-20(26)22-5-6-24-7-9-29-10-8-24/h3-4,12-14H,5-11H2,1-2H3,(H,22,26). The fourth-order valence-electron chi connectivity index (χ4n) is 3.51. The van der Waals surface area contributed by atoms with E-state index in [-0.39, 0.29) is 5.91 Å². The second-order valence-corrected chi connectivity index (χ2v) is 7.89. The largest absolute Gasteiger partial charge is 0.497 e. The normalized spacial score (nSPS) is 14.7. The first kappa shape index (κ1) is 20.6. The van der Waals surface area contributed by atoms with Gasteiger partial charge in [-0.15, -0.1) is 11.3 Å². The molecule has 0 unspecified atom stereocenters. The van der Waals surface area contributed by atoms with Crippen LogP contribution in [-0.4, -0.2) is 73.8 Å². The number of carbonyl (C=O) groups is 1. The zero-order chi connectivity index (χ0) is 20.9. The summed E-state index contributed by atoms with van der Waals surface area (Å²) in [7, 11) is 3.27. The van der Waals surface area contributed by atoms with E-state index < -0.39 is 0 Å². The highest BCUT2D eigenvalue weighted by Gasteiger charge is 2.16. The molecule has 1 aliphatic heterocycles. The van der Waals surface area contributed by atoms with E-state index >= 15 is 0 Å². The summed E-state index contributed by atoms with van der Waals surface area (Å²) in [6.07, 6.45) is 2.26. The number of carbonyl (C=O) groups excluding carboxylic acids is 1. The van der Waals surface area contributed by atoms with Gasteiger partial charge in [0.1, 0.15) is 11.5 Å². The molecule has 3 heterocycles. The van der Waals surface area contributed by atoms with Gasteiger partial charge in [-0.3, -0.25) is 14.1 Å². The van der Waals surface area contributed by atoms with Gasteiger partial charge in [-0.05, 0) is 18.2 Å². The van der Waals surface area contributed by atoms with Gasteiger partial charge < -0.3 is 19.5 Å². The second-order valence-electron chi connectivity index (χ2n) is 7.05. The average Bonchev–Trinajstić information content (AvgIpc) is 3.36. The number of fused-ring (bicyclic) bond motifs is 1. The van der Waals surface area contributed by atoms with Gasteiger partial charge in [0.25, 0.3) is 0 Å². The van der Waals surface area contributed by atoms with Gasteiger partial charge in [0.15, 0.2) is 4.96 Å². The van der Waals surface area contributed by atoms with Gasteiger partial charge in [0.2, 0.25) is 5.91 Å². The number of morpholine rings is 1. The third-order valence-corrected chi connectivity index (χ3v) is 6.05. The smallest absolute Gasteiger partial charge is 0.226 e. The van der Waals surface area contributed by atoms with Crippen molar-refractivity contribution in [2.75, 3.05) is 53.6 Å². The number of imidazole rings is 1. The maximum atomic E-state index is 12.4. The van der Waals surface area contributed by atoms with Crippen molar-refractivity contribution in [1.29, 1.82) is 0 Å². The number of rotatable bonds is 8. The molecule has 2 aromatic heterocycles. The van der Waals surface area contributed by atoms with E-state index in [9.17, 15) is 4.79 Å². The number of amides is 1. The summed E-state index contributed by atoms with van der Waals surface area (Å²) in [5.74, 6) is 1.48. The Labute approximate surface area is 179 Å². The van der Waals surface area contributed by atoms with Crippen molar-refractivity contribution in [3.8, 4) is 22.8 Å². The van der Waals surface area contributed by atoms with Gasteiger partial charge >= 0.3 is 0 Å². The minimum Gasteiger partial charge on any atom is -0.497 e. The second kappa shape index (κ2) is 9.46. The summed E-state index contributed by atoms with van der Waals surface area (Å²) in [5.41, 5.74) is 2.56. The number of methoxy groups -OCH3 is 2. The first-order valence-electron chi connectivity index (χ1n) is 9.92. The van der Waals surface area contributed by atoms with Gasteiger partial charge in [0.05, 0.1) is 39.5 Å². The Balaban J connectivity index is 1.43. The Kier molecular flexibility index (Phi) is 6.51. The molecule has 0 aliphatic carbocycles. The van der Waals surface area contributed by atoms with Crippen LogP contribution in [0.15, 0.2) is 29.8 Å². The van der Waals surface area contributed by atoms with Crippen molar-refractivity contribution in [3.05, 3.63) is 35.5 Å². The number of benzene rings is 1. The molecule has 0 spiro atoms. The number of nitrogens with one attached hydrogen (secondary N) is 1. The molecule has 9 heteroatoms. The Bertz CT molecular complexity index is 1010. The van der Waals surface area contributed by atoms with Crippen LogP contribution in [0.4, 0.5) is 0 Å². The maximum absolute atomic E-state index is 12.4. The van der Waals surface area contributed by atoms with E-state index in [1.54, 1.807) is 14.2 Å². The number of nitrogens with zero attached hydrogens (tertiary/aromatic N) is 3. The van der Waals surface area contributed by atoms with Crippen molar-refractivity contribution in [1.82, 2.24) is 19.6 Å². The van der Waals surface area contributed by atoms with Crippen LogP contribution in [0.3, 0.4) is 0 Å². The van der Waals surface area contributed by atoms with Crippen LogP contribution >= 0.6 is 11.3 Å². The number of hydrogen-bond donors (Lipinski definition) is 1. The van der Waals surface area contributed by atoms with E-state index in [1.807, 2.05) is 34.2 Å². The minimum absolute atomic E-state index is 0.0113. The fraction of sp³-hybridized carbons (Fsp3) is 0.429. The van der Waals surface area contributed by atoms with Crippen LogP contribution in [-0.2, 0) is 16.0 Å². The molecule has 1 aliphatic rings. The summed E-state index contributed by atoms with van der Waals surface area (Å²) in [6, 6.07) is 5.63. The lowest BCUT2D eigenvalue weighted by molar-refractivity contribution is -0.120. The molecule has 0 saturated carbocycles. The van der Waals surface area contributed by atoms with Crippen LogP contribution in [0.5, 0.6) is 11.5 Å². The van der Waals surface area contributed by atoms with Crippen LogP contribution < -0.4 is 14.8 Å². The molecule has 1 amide bonds. The number of ether oxygens (including phenoxy) is 3. The quantitative estimate of drug-likeness (QED) is 0.590. The summed E-state index contributed by atoms with van der Waals surface area (Å²) in [6.45, 7) is 4.87. The van der Waals surface area contributed by atoms with E-state index in [4.69, 9.17) is 19.2 Å². The molecule has 160 valence electrons. The molecule has 8 nitrogen and oxygen atoms in total. The molecule has 30 heavy (non-hydrogen) atoms. The van der Waals surface area contributed by atoms with Gasteiger partial charge in [-0.2, -0.15) is 0 Å². The molecule has 0 radical (unpaired) electrons. The Morgan fingerprint density at radius 1 is 1.27 bits per heavy atom. The van der Waals surface area contributed by atoms with Crippen molar-refractivity contribution in [2.24, 2.45) is 0 Å². The first-order valence-corrected chi connectivity index (χ1v) is 10.8. The molecule has 0 atom stereocenters. The van der Waals surface area contributed by atoms with Crippen molar-refractivity contribution in [2.45, 2.75) is 6.42 Å². The van der Waals surface area contributed by atoms with Crippen molar-refractivity contribution in [3.63, 3.8) is 0 Å². The average molecular weight is 431 g/mol. The summed E-state index contributed by atoms with van der Waals surface area (Å²) in [5, 5.41) is 5.00. The third-order valence-electron chi connectivity index (χ3n) is 5.16. The zero-order valence-corrected chi connectivity index (χ0v) is 18.0. The summed E-state index contributed by atoms with van der Waals surface area (Å²) in [4.78, 5) is 20.3. The van der Waals surface area contributed by atoms with Gasteiger partial charge in [-0.25, -0.2) is 4.98 Å². The van der Waals surface area contributed by atoms with Crippen LogP contribution in [0.25, 0.3) is 16.2 Å². The zero-order valence-electron chi connectivity index (χ0n) is 17.2. The molecule has 0 bridgehead atoms. The maximum Gasteiger partial charge on any atom is 0.226 e. The van der Waals surface area contributed by atoms with Crippen LogP contribution in [0, 0.1) is 0 Å². The lowest BCUT2D eigenvalue weighted by Gasteiger charge is -2.26. The topological polar surface area (TPSA) is 77.3 Å². The highest BCUT2D eigenvalue weighted by atomic mass is 32.1. The van der Waals surface area contributed by atoms with E-state index in [0.717, 1.165) is 66.3 Å². The van der Waals surface area contributed by atoms with E-state index in [0.29, 0.717) is 13.0 Å². The highest BCUT2D eigenvalue weighted by Crippen LogP contribution is 2.34. The van der Waals surface area contributed by atoms with Crippen LogP contribution in [0.1, 0.15) is 5.69 Å². The number of hydrogen-bond acceptors (Lipinski definition) is 7. The summed E-state index contributed by atoms with van der Waals surface area (Å²) < 4.78 is 18.1. The van der Waals surface area contributed by atoms with Crippen molar-refractivity contribution < 1.29 is 19.0 Å². The Morgan fingerprint density at radius 3 is 2.87 bits per heavy atom. The molecular formula is C21H26N4O4S. The van der Waals surface area contributed by atoms with Crippen molar-refractivity contribution >= 4 is 22.2 Å². The molecule has 3 aromatic rings. The lowest BCUT2D eigenvalue weighted by atomic mass is 10.1. The molecule has 1 fully saturated rings. The Morgan fingerprint density at radius 2 is 2.10 bits per heavy atom. The molecule has 1 N–H and O–H groups in total. The van der Waals surface area contributed by atoms with Gasteiger partial charge in [0, 0.05) is 49.0 Å². The predicted octanol–water partition coefficient (Wildman–Crippen LogP) is 2.07. The molecule has 4 rings (SSSR count). The highest BCUT2D eigenvalue weighted by molar-refractivity contribution is 7.15. The Hall–Kier alpha value is -2.62. The first-order chi connectivity index (χ1) is 14.7. The summed E-state index contributed by atoms with van der Waals surface area (Å²) >= 11 is 1.52. The molecule has 1 saturated heterocycles. The third kappa shape index (κ3) is 4.58. The van der Waals surface area contributed by atoms with Gasteiger partial charge in [-0.1, -0.05) is 0 Å². The van der Waals surface area contributed by atoms with E-state index in [2.05, 4.69) is 10.2 Å².